The Morgan fingerprint density at radius 3 is 2.79 bits per heavy atom. The second-order valence-electron chi connectivity index (χ2n) is 6.87. The smallest absolute Gasteiger partial charge is 0.341 e. The average Bonchev–Trinajstić information content (AvgIpc) is 3.03. The van der Waals surface area contributed by atoms with E-state index in [-0.39, 0.29) is 17.7 Å². The Bertz CT molecular complexity index is 868. The highest BCUT2D eigenvalue weighted by Crippen LogP contribution is 2.37. The zero-order valence-corrected chi connectivity index (χ0v) is 18.3. The molecule has 1 aliphatic heterocycles. The van der Waals surface area contributed by atoms with E-state index in [4.69, 9.17) is 4.74 Å². The lowest BCUT2D eigenvalue weighted by molar-refractivity contribution is -0.116. The summed E-state index contributed by atoms with van der Waals surface area (Å²) in [6, 6.07) is 6.33. The second-order valence-corrected chi connectivity index (χ2v) is 9.14. The lowest BCUT2D eigenvalue weighted by Gasteiger charge is -2.22. The molecule has 8 heteroatoms. The molecule has 0 saturated carbocycles. The van der Waals surface area contributed by atoms with E-state index in [2.05, 4.69) is 10.2 Å². The van der Waals surface area contributed by atoms with Crippen LogP contribution in [0, 0.1) is 5.82 Å². The van der Waals surface area contributed by atoms with Gasteiger partial charge < -0.3 is 15.0 Å². The van der Waals surface area contributed by atoms with Gasteiger partial charge in [0.1, 0.15) is 10.8 Å². The van der Waals surface area contributed by atoms with E-state index in [0.29, 0.717) is 30.0 Å². The van der Waals surface area contributed by atoms with Gasteiger partial charge in [-0.15, -0.1) is 23.1 Å². The van der Waals surface area contributed by atoms with Crippen molar-refractivity contribution in [2.24, 2.45) is 0 Å². The van der Waals surface area contributed by atoms with Gasteiger partial charge in [-0.1, -0.05) is 0 Å². The minimum atomic E-state index is -0.364. The number of nitrogens with one attached hydrogen (secondary N) is 1. The molecule has 29 heavy (non-hydrogen) atoms. The fraction of sp³-hybridized carbons (Fsp3) is 0.429. The standard InChI is InChI=1S/C21H25FN2O3S2/c1-3-27-21(26)19-16-10-11-24(2)13-17(16)29-20(19)23-18(25)5-4-12-28-15-8-6-14(22)7-9-15/h6-9H,3-5,10-13H2,1-2H3,(H,23,25). The molecule has 1 aromatic carbocycles. The number of likely N-dealkylation sites (N-methyl/N-ethyl adjacent to an activating group) is 1. The van der Waals surface area contributed by atoms with Crippen LogP contribution in [-0.2, 0) is 22.5 Å². The summed E-state index contributed by atoms with van der Waals surface area (Å²) in [5.41, 5.74) is 1.53. The first-order valence-electron chi connectivity index (χ1n) is 9.66. The third kappa shape index (κ3) is 5.81. The van der Waals surface area contributed by atoms with Gasteiger partial charge in [-0.25, -0.2) is 9.18 Å². The van der Waals surface area contributed by atoms with Crippen LogP contribution < -0.4 is 5.32 Å². The number of thiophene rings is 1. The van der Waals surface area contributed by atoms with E-state index in [9.17, 15) is 14.0 Å². The van der Waals surface area contributed by atoms with Crippen molar-refractivity contribution in [2.45, 2.75) is 37.6 Å². The molecule has 2 aromatic rings. The summed E-state index contributed by atoms with van der Waals surface area (Å²) in [4.78, 5) is 29.2. The van der Waals surface area contributed by atoms with Crippen molar-refractivity contribution in [3.63, 3.8) is 0 Å². The minimum absolute atomic E-state index is 0.109. The number of ether oxygens (including phenoxy) is 1. The van der Waals surface area contributed by atoms with Crippen LogP contribution in [0.1, 0.15) is 40.6 Å². The van der Waals surface area contributed by atoms with Crippen LogP contribution in [0.15, 0.2) is 29.2 Å². The summed E-state index contributed by atoms with van der Waals surface area (Å²) < 4.78 is 18.2. The van der Waals surface area contributed by atoms with Gasteiger partial charge in [0.05, 0.1) is 12.2 Å². The zero-order valence-electron chi connectivity index (χ0n) is 16.6. The molecule has 0 fully saturated rings. The Balaban J connectivity index is 1.59. The van der Waals surface area contributed by atoms with Crippen LogP contribution >= 0.6 is 23.1 Å². The number of hydrogen-bond donors (Lipinski definition) is 1. The van der Waals surface area contributed by atoms with Crippen molar-refractivity contribution >= 4 is 40.0 Å². The topological polar surface area (TPSA) is 58.6 Å². The summed E-state index contributed by atoms with van der Waals surface area (Å²) >= 11 is 3.06. The summed E-state index contributed by atoms with van der Waals surface area (Å²) in [6.07, 6.45) is 1.83. The van der Waals surface area contributed by atoms with Gasteiger partial charge >= 0.3 is 5.97 Å². The van der Waals surface area contributed by atoms with Crippen molar-refractivity contribution in [3.8, 4) is 0 Å². The van der Waals surface area contributed by atoms with E-state index in [1.54, 1.807) is 30.8 Å². The van der Waals surface area contributed by atoms with Crippen LogP contribution in [0.4, 0.5) is 9.39 Å². The molecule has 2 heterocycles. The average molecular weight is 437 g/mol. The van der Waals surface area contributed by atoms with E-state index in [1.165, 1.54) is 23.5 Å². The number of rotatable bonds is 8. The van der Waals surface area contributed by atoms with Crippen LogP contribution in [0.5, 0.6) is 0 Å². The molecule has 5 nitrogen and oxygen atoms in total. The molecule has 0 saturated heterocycles. The molecular formula is C21H25FN2O3S2. The summed E-state index contributed by atoms with van der Waals surface area (Å²) in [7, 11) is 2.05. The third-order valence-corrected chi connectivity index (χ3v) is 6.84. The normalized spacial score (nSPS) is 13.8. The van der Waals surface area contributed by atoms with E-state index in [0.717, 1.165) is 40.6 Å². The molecule has 1 amide bonds. The number of halogens is 1. The van der Waals surface area contributed by atoms with Gasteiger partial charge in [-0.2, -0.15) is 0 Å². The molecule has 0 aliphatic carbocycles. The molecule has 0 unspecified atom stereocenters. The number of hydrogen-bond acceptors (Lipinski definition) is 6. The number of esters is 1. The first-order valence-corrected chi connectivity index (χ1v) is 11.5. The molecule has 0 bridgehead atoms. The van der Waals surface area contributed by atoms with Gasteiger partial charge in [0.2, 0.25) is 5.91 Å². The quantitative estimate of drug-likeness (QED) is 0.373. The molecule has 1 aromatic heterocycles. The largest absolute Gasteiger partial charge is 0.462 e. The Morgan fingerprint density at radius 2 is 2.07 bits per heavy atom. The maximum absolute atomic E-state index is 12.9. The SMILES string of the molecule is CCOC(=O)c1c(NC(=O)CCCSc2ccc(F)cc2)sc2c1CCN(C)C2. The van der Waals surface area contributed by atoms with Gasteiger partial charge in [0.25, 0.3) is 0 Å². The molecule has 3 rings (SSSR count). The second kappa shape index (κ2) is 10.2. The Kier molecular flexibility index (Phi) is 7.69. The maximum atomic E-state index is 12.9. The van der Waals surface area contributed by atoms with Crippen LogP contribution in [-0.4, -0.2) is 42.7 Å². The number of thioether (sulfide) groups is 1. The van der Waals surface area contributed by atoms with Crippen molar-refractivity contribution in [1.29, 1.82) is 0 Å². The van der Waals surface area contributed by atoms with Gasteiger partial charge in [0.15, 0.2) is 0 Å². The number of carbonyl (C=O) groups excluding carboxylic acids is 2. The van der Waals surface area contributed by atoms with Gasteiger partial charge in [-0.3, -0.25) is 4.79 Å². The first kappa shape index (κ1) is 21.8. The summed E-state index contributed by atoms with van der Waals surface area (Å²) in [5, 5.41) is 3.53. The highest BCUT2D eigenvalue weighted by Gasteiger charge is 2.28. The molecule has 1 N–H and O–H groups in total. The van der Waals surface area contributed by atoms with Crippen molar-refractivity contribution in [1.82, 2.24) is 4.90 Å². The first-order chi connectivity index (χ1) is 14.0. The van der Waals surface area contributed by atoms with Crippen LogP contribution in [0.25, 0.3) is 0 Å². The number of amides is 1. The van der Waals surface area contributed by atoms with Gasteiger partial charge in [-0.05, 0) is 62.4 Å². The van der Waals surface area contributed by atoms with Crippen molar-refractivity contribution < 1.29 is 18.7 Å². The molecule has 1 aliphatic rings. The lowest BCUT2D eigenvalue weighted by atomic mass is 10.0. The number of nitrogens with zero attached hydrogens (tertiary/aromatic N) is 1. The molecular weight excluding hydrogens is 411 g/mol. The van der Waals surface area contributed by atoms with Crippen LogP contribution in [0.2, 0.25) is 0 Å². The van der Waals surface area contributed by atoms with Crippen LogP contribution in [0.3, 0.4) is 0 Å². The number of anilines is 1. The Hall–Kier alpha value is -1.90. The predicted molar refractivity (Wildman–Crippen MR) is 115 cm³/mol. The Labute approximate surface area is 178 Å². The van der Waals surface area contributed by atoms with Crippen molar-refractivity contribution in [3.05, 3.63) is 46.1 Å². The summed E-state index contributed by atoms with van der Waals surface area (Å²) in [6.45, 7) is 3.74. The minimum Gasteiger partial charge on any atom is -0.462 e. The Morgan fingerprint density at radius 1 is 1.31 bits per heavy atom. The molecule has 0 spiro atoms. The third-order valence-electron chi connectivity index (χ3n) is 4.61. The highest BCUT2D eigenvalue weighted by atomic mass is 32.2. The van der Waals surface area contributed by atoms with Gasteiger partial charge in [0, 0.05) is 29.3 Å². The zero-order chi connectivity index (χ0) is 20.8. The number of fused-ring (bicyclic) bond motifs is 1. The molecule has 156 valence electrons. The lowest BCUT2D eigenvalue weighted by Crippen LogP contribution is -2.26. The fourth-order valence-electron chi connectivity index (χ4n) is 3.18. The highest BCUT2D eigenvalue weighted by molar-refractivity contribution is 7.99. The number of carbonyl (C=O) groups is 2. The monoisotopic (exact) mass is 436 g/mol. The van der Waals surface area contributed by atoms with Crippen molar-refractivity contribution in [2.75, 3.05) is 31.3 Å². The molecule has 0 radical (unpaired) electrons. The molecule has 0 atom stereocenters. The van der Waals surface area contributed by atoms with E-state index >= 15 is 0 Å². The van der Waals surface area contributed by atoms with E-state index < -0.39 is 0 Å². The fourth-order valence-corrected chi connectivity index (χ4v) is 5.37. The summed E-state index contributed by atoms with van der Waals surface area (Å²) in [5.74, 6) is 0.0325. The van der Waals surface area contributed by atoms with E-state index in [1.807, 2.05) is 7.05 Å². The number of benzene rings is 1. The predicted octanol–water partition coefficient (Wildman–Crippen LogP) is 4.56. The maximum Gasteiger partial charge on any atom is 0.341 e.